The third-order valence-electron chi connectivity index (χ3n) is 4.95. The van der Waals surface area contributed by atoms with E-state index >= 15 is 0 Å². The number of benzene rings is 1. The summed E-state index contributed by atoms with van der Waals surface area (Å²) < 4.78 is 4.95. The van der Waals surface area contributed by atoms with E-state index < -0.39 is 5.97 Å². The van der Waals surface area contributed by atoms with E-state index in [4.69, 9.17) is 4.74 Å². The molecule has 2 aromatic heterocycles. The topological polar surface area (TPSA) is 91.5 Å². The maximum atomic E-state index is 12.9. The summed E-state index contributed by atoms with van der Waals surface area (Å²) in [7, 11) is 1.32. The molecule has 0 unspecified atom stereocenters. The standard InChI is InChI=1S/C20H19N3O4S/c1-11(24)23-8-7-13-16(10-23)28-19(17(13)20(26)27-2)22-18(25)14-9-21-15-6-4-3-5-12(14)15/h3-6,9,21H,7-8,10H2,1-2H3,(H,22,25). The van der Waals surface area contributed by atoms with Crippen LogP contribution in [0, 0.1) is 0 Å². The van der Waals surface area contributed by atoms with Gasteiger partial charge in [0.05, 0.1) is 24.8 Å². The molecule has 1 aliphatic heterocycles. The van der Waals surface area contributed by atoms with E-state index in [-0.39, 0.29) is 11.8 Å². The number of hydrogen-bond acceptors (Lipinski definition) is 5. The number of fused-ring (bicyclic) bond motifs is 2. The fraction of sp³-hybridized carbons (Fsp3) is 0.250. The lowest BCUT2D eigenvalue weighted by Gasteiger charge is -2.25. The number of carbonyl (C=O) groups is 3. The maximum Gasteiger partial charge on any atom is 0.341 e. The van der Waals surface area contributed by atoms with Crippen LogP contribution in [-0.4, -0.2) is 41.3 Å². The Bertz CT molecular complexity index is 1100. The molecule has 28 heavy (non-hydrogen) atoms. The molecule has 0 aliphatic carbocycles. The fourth-order valence-corrected chi connectivity index (χ4v) is 4.75. The van der Waals surface area contributed by atoms with Crippen LogP contribution < -0.4 is 5.32 Å². The summed E-state index contributed by atoms with van der Waals surface area (Å²) in [6.45, 7) is 2.50. The zero-order valence-corrected chi connectivity index (χ0v) is 16.3. The number of hydrogen-bond donors (Lipinski definition) is 2. The molecule has 0 saturated carbocycles. The molecule has 7 nitrogen and oxygen atoms in total. The molecule has 0 fully saturated rings. The average molecular weight is 397 g/mol. The number of thiophene rings is 1. The molecule has 1 aromatic carbocycles. The van der Waals surface area contributed by atoms with Crippen molar-refractivity contribution in [2.75, 3.05) is 19.0 Å². The maximum absolute atomic E-state index is 12.9. The van der Waals surface area contributed by atoms with Crippen molar-refractivity contribution >= 4 is 45.0 Å². The fourth-order valence-electron chi connectivity index (χ4n) is 3.51. The predicted octanol–water partition coefficient (Wildman–Crippen LogP) is 3.17. The number of H-pyrrole nitrogens is 1. The molecule has 3 aromatic rings. The molecule has 144 valence electrons. The van der Waals surface area contributed by atoms with Gasteiger partial charge in [0.15, 0.2) is 0 Å². The highest BCUT2D eigenvalue weighted by Crippen LogP contribution is 2.38. The van der Waals surface area contributed by atoms with Crippen molar-refractivity contribution in [1.82, 2.24) is 9.88 Å². The quantitative estimate of drug-likeness (QED) is 0.664. The van der Waals surface area contributed by atoms with Crippen LogP contribution in [0.15, 0.2) is 30.5 Å². The number of para-hydroxylation sites is 1. The van der Waals surface area contributed by atoms with Crippen molar-refractivity contribution in [2.45, 2.75) is 19.9 Å². The summed E-state index contributed by atoms with van der Waals surface area (Å²) >= 11 is 1.32. The van der Waals surface area contributed by atoms with Crippen LogP contribution in [0.2, 0.25) is 0 Å². The first-order valence-corrected chi connectivity index (χ1v) is 9.67. The Morgan fingerprint density at radius 2 is 2.04 bits per heavy atom. The summed E-state index contributed by atoms with van der Waals surface area (Å²) in [6.07, 6.45) is 2.21. The summed E-state index contributed by atoms with van der Waals surface area (Å²) in [4.78, 5) is 42.7. The van der Waals surface area contributed by atoms with Crippen molar-refractivity contribution in [3.05, 3.63) is 52.0 Å². The van der Waals surface area contributed by atoms with Crippen molar-refractivity contribution in [3.63, 3.8) is 0 Å². The van der Waals surface area contributed by atoms with Gasteiger partial charge in [-0.1, -0.05) is 18.2 Å². The Balaban J connectivity index is 1.70. The first-order valence-electron chi connectivity index (χ1n) is 8.85. The molecular formula is C20H19N3O4S. The lowest BCUT2D eigenvalue weighted by molar-refractivity contribution is -0.129. The number of methoxy groups -OCH3 is 1. The molecular weight excluding hydrogens is 378 g/mol. The minimum Gasteiger partial charge on any atom is -0.465 e. The van der Waals surface area contributed by atoms with Crippen molar-refractivity contribution in [2.24, 2.45) is 0 Å². The van der Waals surface area contributed by atoms with Crippen molar-refractivity contribution < 1.29 is 19.1 Å². The number of anilines is 1. The van der Waals surface area contributed by atoms with E-state index in [0.29, 0.717) is 35.6 Å². The van der Waals surface area contributed by atoms with E-state index in [9.17, 15) is 14.4 Å². The number of rotatable bonds is 3. The molecule has 3 heterocycles. The van der Waals surface area contributed by atoms with Crippen LogP contribution in [0.5, 0.6) is 0 Å². The Kier molecular flexibility index (Phi) is 4.64. The van der Waals surface area contributed by atoms with Gasteiger partial charge in [0.25, 0.3) is 5.91 Å². The highest BCUT2D eigenvalue weighted by atomic mass is 32.1. The Morgan fingerprint density at radius 3 is 2.79 bits per heavy atom. The number of carbonyl (C=O) groups excluding carboxylic acids is 3. The zero-order valence-electron chi connectivity index (χ0n) is 15.5. The van der Waals surface area contributed by atoms with Gasteiger partial charge in [-0.25, -0.2) is 4.79 Å². The summed E-state index contributed by atoms with van der Waals surface area (Å²) in [5, 5.41) is 4.14. The van der Waals surface area contributed by atoms with Gasteiger partial charge in [0.2, 0.25) is 5.91 Å². The number of aromatic nitrogens is 1. The third-order valence-corrected chi connectivity index (χ3v) is 6.08. The van der Waals surface area contributed by atoms with Crippen molar-refractivity contribution in [3.8, 4) is 0 Å². The van der Waals surface area contributed by atoms with Gasteiger partial charge in [0.1, 0.15) is 5.00 Å². The highest BCUT2D eigenvalue weighted by molar-refractivity contribution is 7.17. The predicted molar refractivity (Wildman–Crippen MR) is 107 cm³/mol. The molecule has 2 amide bonds. The second-order valence-electron chi connectivity index (χ2n) is 6.59. The largest absolute Gasteiger partial charge is 0.465 e. The second-order valence-corrected chi connectivity index (χ2v) is 7.70. The van der Waals surface area contributed by atoms with Crippen LogP contribution in [0.1, 0.15) is 38.1 Å². The number of nitrogens with one attached hydrogen (secondary N) is 2. The molecule has 1 aliphatic rings. The molecule has 2 N–H and O–H groups in total. The Labute approximate surface area is 165 Å². The lowest BCUT2D eigenvalue weighted by Crippen LogP contribution is -2.33. The Morgan fingerprint density at radius 1 is 1.25 bits per heavy atom. The number of aromatic amines is 1. The molecule has 0 saturated heterocycles. The van der Waals surface area contributed by atoms with E-state index in [1.807, 2.05) is 24.3 Å². The molecule has 0 bridgehead atoms. The van der Waals surface area contributed by atoms with Gasteiger partial charge in [-0.2, -0.15) is 0 Å². The average Bonchev–Trinajstić information content (AvgIpc) is 3.27. The van der Waals surface area contributed by atoms with E-state index in [0.717, 1.165) is 21.3 Å². The number of ether oxygens (including phenoxy) is 1. The SMILES string of the molecule is COC(=O)c1c(NC(=O)c2c[nH]c3ccccc23)sc2c1CCN(C(C)=O)C2. The lowest BCUT2D eigenvalue weighted by atomic mass is 10.0. The first kappa shape index (κ1) is 18.2. The van der Waals surface area contributed by atoms with Gasteiger partial charge < -0.3 is 19.9 Å². The smallest absolute Gasteiger partial charge is 0.341 e. The highest BCUT2D eigenvalue weighted by Gasteiger charge is 2.30. The first-order chi connectivity index (χ1) is 13.5. The molecule has 0 spiro atoms. The zero-order chi connectivity index (χ0) is 19.8. The normalized spacial score (nSPS) is 13.3. The molecule has 0 radical (unpaired) electrons. The third kappa shape index (κ3) is 3.05. The summed E-state index contributed by atoms with van der Waals surface area (Å²) in [5.41, 5.74) is 2.61. The van der Waals surface area contributed by atoms with E-state index in [1.54, 1.807) is 11.1 Å². The van der Waals surface area contributed by atoms with E-state index in [1.165, 1.54) is 25.4 Å². The van der Waals surface area contributed by atoms with Crippen LogP contribution in [0.3, 0.4) is 0 Å². The van der Waals surface area contributed by atoms with Crippen LogP contribution >= 0.6 is 11.3 Å². The van der Waals surface area contributed by atoms with Crippen LogP contribution in [-0.2, 0) is 22.5 Å². The molecule has 0 atom stereocenters. The Hall–Kier alpha value is -3.13. The summed E-state index contributed by atoms with van der Waals surface area (Å²) in [6, 6.07) is 7.52. The van der Waals surface area contributed by atoms with Gasteiger partial charge in [-0.3, -0.25) is 9.59 Å². The molecule has 4 rings (SSSR count). The minimum absolute atomic E-state index is 0.0111. The van der Waals surface area contributed by atoms with Gasteiger partial charge in [-0.15, -0.1) is 11.3 Å². The van der Waals surface area contributed by atoms with Gasteiger partial charge in [0, 0.05) is 35.4 Å². The van der Waals surface area contributed by atoms with Crippen molar-refractivity contribution in [1.29, 1.82) is 0 Å². The monoisotopic (exact) mass is 397 g/mol. The number of esters is 1. The van der Waals surface area contributed by atoms with Gasteiger partial charge in [-0.05, 0) is 18.1 Å². The van der Waals surface area contributed by atoms with Crippen LogP contribution in [0.25, 0.3) is 10.9 Å². The summed E-state index contributed by atoms with van der Waals surface area (Å²) in [5.74, 6) is -0.796. The molecule has 8 heteroatoms. The number of nitrogens with zero attached hydrogens (tertiary/aromatic N) is 1. The minimum atomic E-state index is -0.483. The van der Waals surface area contributed by atoms with Gasteiger partial charge >= 0.3 is 5.97 Å². The second kappa shape index (κ2) is 7.12. The number of amides is 2. The van der Waals surface area contributed by atoms with E-state index in [2.05, 4.69) is 10.3 Å². The van der Waals surface area contributed by atoms with Crippen LogP contribution in [0.4, 0.5) is 5.00 Å².